The molecule has 5 aromatic rings. The standard InChI is InChI=1S/2C14H24N4.2C12H19N3.C10H17N3/c2*1-3-6-17-7-8-18(12(2)10-17)11-13-4-5-14(15)16-9-13;2*1-10-4-2-3-7-15(10)9-11-5-6-12(13)14-8-11;1-3-13(4-2)8-9-5-6-10(11)12-7-9/h2*4-5,9,12H,3,6-8,10-11H2,1-2H3,(H2,15,16);2*5-6,8,10H,2-4,7,9H2,1H3,(H2,13,14);5-7H,3-4,8H2,1-2H3,(H2,11,12)/t2*12-;2*10-;/m1010./s1. The lowest BCUT2D eigenvalue weighted by Gasteiger charge is -2.39. The number of piperazine rings is 2. The number of pyridine rings is 5. The van der Waals surface area contributed by atoms with Crippen LogP contribution in [0.15, 0.2) is 91.6 Å². The maximum atomic E-state index is 5.61. The zero-order valence-electron chi connectivity index (χ0n) is 49.9. The number of aromatic nitrogens is 5. The Kier molecular flexibility index (Phi) is 28.7. The van der Waals surface area contributed by atoms with Crippen LogP contribution in [0.2, 0.25) is 0 Å². The predicted molar refractivity (Wildman–Crippen MR) is 331 cm³/mol. The summed E-state index contributed by atoms with van der Waals surface area (Å²) in [5.41, 5.74) is 34.1. The molecule has 4 atom stereocenters. The normalized spacial score (nSPS) is 20.6. The van der Waals surface area contributed by atoms with Crippen LogP contribution in [0.3, 0.4) is 0 Å². The predicted octanol–water partition coefficient (Wildman–Crippen LogP) is 8.74. The Bertz CT molecular complexity index is 2210. The summed E-state index contributed by atoms with van der Waals surface area (Å²) in [6, 6.07) is 22.3. The number of anilines is 5. The van der Waals surface area contributed by atoms with E-state index in [1.54, 1.807) is 0 Å². The van der Waals surface area contributed by atoms with E-state index in [-0.39, 0.29) is 0 Å². The number of nitrogens with two attached hydrogens (primary N) is 5. The molecule has 17 nitrogen and oxygen atoms in total. The molecule has 0 radical (unpaired) electrons. The third kappa shape index (κ3) is 24.0. The second kappa shape index (κ2) is 35.3. The zero-order valence-corrected chi connectivity index (χ0v) is 49.9. The lowest BCUT2D eigenvalue weighted by atomic mass is 10.0. The summed E-state index contributed by atoms with van der Waals surface area (Å²) >= 11 is 0. The van der Waals surface area contributed by atoms with Crippen LogP contribution in [0, 0.1) is 0 Å². The van der Waals surface area contributed by atoms with Gasteiger partial charge in [-0.2, -0.15) is 0 Å². The smallest absolute Gasteiger partial charge is 0.123 e. The molecule has 5 aromatic heterocycles. The van der Waals surface area contributed by atoms with Crippen molar-refractivity contribution >= 4 is 29.1 Å². The van der Waals surface area contributed by atoms with Crippen molar-refractivity contribution in [2.45, 2.75) is 164 Å². The van der Waals surface area contributed by atoms with Gasteiger partial charge in [0, 0.05) is 127 Å². The molecule has 0 saturated carbocycles. The van der Waals surface area contributed by atoms with E-state index in [0.717, 1.165) is 58.9 Å². The fraction of sp³-hybridized carbons (Fsp3) is 0.597. The number of hydrogen-bond acceptors (Lipinski definition) is 17. The third-order valence-corrected chi connectivity index (χ3v) is 15.7. The van der Waals surface area contributed by atoms with Crippen molar-refractivity contribution in [3.8, 4) is 0 Å². The van der Waals surface area contributed by atoms with E-state index in [0.29, 0.717) is 53.3 Å². The van der Waals surface area contributed by atoms with Crippen LogP contribution < -0.4 is 28.7 Å². The first-order valence-electron chi connectivity index (χ1n) is 29.8. The number of likely N-dealkylation sites (tertiary alicyclic amines) is 2. The molecule has 0 aliphatic carbocycles. The van der Waals surface area contributed by atoms with Gasteiger partial charge in [-0.05, 0) is 164 Å². The Morgan fingerprint density at radius 3 is 0.949 bits per heavy atom. The van der Waals surface area contributed by atoms with E-state index in [2.05, 4.69) is 139 Å². The Labute approximate surface area is 476 Å². The van der Waals surface area contributed by atoms with Crippen molar-refractivity contribution in [1.29, 1.82) is 0 Å². The molecule has 436 valence electrons. The maximum absolute atomic E-state index is 5.61. The SMILES string of the molecule is CCCN1CCN(Cc2ccc(N)nc2)[C@@H](C)C1.CCCN1CCN(Cc2ccc(N)nc2)[C@H](C)C1.CCN(CC)Cc1ccc(N)nc1.C[C@@H]1CCCCN1Cc1ccc(N)nc1.C[C@H]1CCCCN1Cc1ccc(N)nc1. The summed E-state index contributed by atoms with van der Waals surface area (Å²) in [6.07, 6.45) is 19.9. The summed E-state index contributed by atoms with van der Waals surface area (Å²) in [5, 5.41) is 0. The molecular weight excluding hydrogens is 983 g/mol. The molecule has 4 aliphatic heterocycles. The number of nitrogens with zero attached hydrogens (tertiary/aromatic N) is 12. The second-order valence-electron chi connectivity index (χ2n) is 22.3. The number of nitrogen functional groups attached to an aromatic ring is 5. The van der Waals surface area contributed by atoms with E-state index in [4.69, 9.17) is 28.7 Å². The molecule has 4 aliphatic rings. The molecule has 79 heavy (non-hydrogen) atoms. The molecule has 10 N–H and O–H groups in total. The minimum atomic E-state index is 0.586. The Balaban J connectivity index is 0.000000183. The topological polar surface area (TPSA) is 217 Å². The van der Waals surface area contributed by atoms with Crippen LogP contribution in [-0.2, 0) is 32.7 Å². The molecular formula is C62H103N17. The lowest BCUT2D eigenvalue weighted by molar-refractivity contribution is 0.0778. The van der Waals surface area contributed by atoms with Crippen LogP contribution in [0.4, 0.5) is 29.1 Å². The Morgan fingerprint density at radius 2 is 0.696 bits per heavy atom. The largest absolute Gasteiger partial charge is 0.384 e. The molecule has 0 aromatic carbocycles. The van der Waals surface area contributed by atoms with Gasteiger partial charge < -0.3 is 38.5 Å². The van der Waals surface area contributed by atoms with Gasteiger partial charge >= 0.3 is 0 Å². The number of rotatable bonds is 16. The second-order valence-corrected chi connectivity index (χ2v) is 22.3. The monoisotopic (exact) mass is 1090 g/mol. The first kappa shape index (κ1) is 64.3. The summed E-state index contributed by atoms with van der Waals surface area (Å²) in [5.74, 6) is 2.98. The van der Waals surface area contributed by atoms with Crippen LogP contribution in [0.1, 0.15) is 135 Å². The van der Waals surface area contributed by atoms with Crippen molar-refractivity contribution in [2.75, 3.05) is 107 Å². The number of hydrogen-bond donors (Lipinski definition) is 5. The van der Waals surface area contributed by atoms with Gasteiger partial charge in [-0.15, -0.1) is 0 Å². The fourth-order valence-corrected chi connectivity index (χ4v) is 10.7. The molecule has 9 rings (SSSR count). The molecule has 4 fully saturated rings. The summed E-state index contributed by atoms with van der Waals surface area (Å²) in [7, 11) is 0. The van der Waals surface area contributed by atoms with Gasteiger partial charge in [0.15, 0.2) is 0 Å². The highest BCUT2D eigenvalue weighted by atomic mass is 15.3. The van der Waals surface area contributed by atoms with Crippen molar-refractivity contribution < 1.29 is 0 Å². The van der Waals surface area contributed by atoms with E-state index in [9.17, 15) is 0 Å². The van der Waals surface area contributed by atoms with Gasteiger partial charge in [0.1, 0.15) is 29.1 Å². The van der Waals surface area contributed by atoms with Crippen LogP contribution in [0.5, 0.6) is 0 Å². The molecule has 4 saturated heterocycles. The van der Waals surface area contributed by atoms with Gasteiger partial charge in [-0.3, -0.25) is 24.5 Å². The maximum Gasteiger partial charge on any atom is 0.123 e. The first-order chi connectivity index (χ1) is 38.1. The lowest BCUT2D eigenvalue weighted by Crippen LogP contribution is -2.51. The van der Waals surface area contributed by atoms with Crippen molar-refractivity contribution in [2.24, 2.45) is 0 Å². The highest BCUT2D eigenvalue weighted by Gasteiger charge is 2.25. The van der Waals surface area contributed by atoms with Gasteiger partial charge in [0.25, 0.3) is 0 Å². The summed E-state index contributed by atoms with van der Waals surface area (Å²) < 4.78 is 0. The first-order valence-corrected chi connectivity index (χ1v) is 29.8. The molecule has 17 heteroatoms. The molecule has 0 bridgehead atoms. The van der Waals surface area contributed by atoms with Crippen LogP contribution in [0.25, 0.3) is 0 Å². The fourth-order valence-electron chi connectivity index (χ4n) is 10.7. The molecule has 0 spiro atoms. The highest BCUT2D eigenvalue weighted by molar-refractivity contribution is 5.32. The molecule has 0 amide bonds. The Morgan fingerprint density at radius 1 is 0.392 bits per heavy atom. The van der Waals surface area contributed by atoms with Crippen molar-refractivity contribution in [1.82, 2.24) is 59.2 Å². The van der Waals surface area contributed by atoms with Gasteiger partial charge in [-0.25, -0.2) is 24.9 Å². The van der Waals surface area contributed by atoms with Gasteiger partial charge in [-0.1, -0.05) is 70.9 Å². The summed E-state index contributed by atoms with van der Waals surface area (Å²) in [6.45, 7) is 37.0. The molecule has 0 unspecified atom stereocenters. The van der Waals surface area contributed by atoms with Gasteiger partial charge in [0.2, 0.25) is 0 Å². The van der Waals surface area contributed by atoms with E-state index >= 15 is 0 Å². The van der Waals surface area contributed by atoms with E-state index in [1.807, 2.05) is 67.4 Å². The van der Waals surface area contributed by atoms with Crippen LogP contribution >= 0.6 is 0 Å². The zero-order chi connectivity index (χ0) is 56.9. The highest BCUT2D eigenvalue weighted by Crippen LogP contribution is 2.21. The summed E-state index contributed by atoms with van der Waals surface area (Å²) in [4.78, 5) is 38.2. The average Bonchev–Trinajstić information content (AvgIpc) is 3.45. The quantitative estimate of drug-likeness (QED) is 0.0624. The van der Waals surface area contributed by atoms with Crippen molar-refractivity contribution in [3.63, 3.8) is 0 Å². The average molecular weight is 1090 g/mol. The van der Waals surface area contributed by atoms with E-state index in [1.165, 1.54) is 132 Å². The minimum Gasteiger partial charge on any atom is -0.384 e. The molecule has 9 heterocycles. The third-order valence-electron chi connectivity index (χ3n) is 15.7. The minimum absolute atomic E-state index is 0.586. The number of piperidine rings is 2. The Hall–Kier alpha value is -5.53. The van der Waals surface area contributed by atoms with Gasteiger partial charge in [0.05, 0.1) is 0 Å². The van der Waals surface area contributed by atoms with E-state index < -0.39 is 0 Å². The van der Waals surface area contributed by atoms with Crippen molar-refractivity contribution in [3.05, 3.63) is 119 Å². The van der Waals surface area contributed by atoms with Crippen LogP contribution in [-0.4, -0.2) is 162 Å².